The normalized spacial score (nSPS) is 9.62. The summed E-state index contributed by atoms with van der Waals surface area (Å²) in [4.78, 5) is 23.8. The molecular formula is C18H14Cl2N2O2. The molecule has 0 aliphatic heterocycles. The van der Waals surface area contributed by atoms with Crippen molar-refractivity contribution in [3.8, 4) is 11.8 Å². The van der Waals surface area contributed by atoms with E-state index in [0.29, 0.717) is 21.7 Å². The van der Waals surface area contributed by atoms with Gasteiger partial charge in [-0.2, -0.15) is 0 Å². The molecule has 0 saturated carbocycles. The molecule has 122 valence electrons. The van der Waals surface area contributed by atoms with Crippen LogP contribution < -0.4 is 10.6 Å². The van der Waals surface area contributed by atoms with Crippen molar-refractivity contribution in [2.24, 2.45) is 0 Å². The summed E-state index contributed by atoms with van der Waals surface area (Å²) in [6.07, 6.45) is 0. The second kappa shape index (κ2) is 8.39. The number of benzene rings is 2. The number of rotatable bonds is 3. The zero-order valence-corrected chi connectivity index (χ0v) is 14.3. The molecule has 2 N–H and O–H groups in total. The van der Waals surface area contributed by atoms with E-state index in [4.69, 9.17) is 23.2 Å². The number of halogens is 2. The zero-order valence-electron chi connectivity index (χ0n) is 12.8. The summed E-state index contributed by atoms with van der Waals surface area (Å²) < 4.78 is 0. The molecule has 0 heterocycles. The molecule has 0 spiro atoms. The largest absolute Gasteiger partial charge is 0.355 e. The molecule has 2 rings (SSSR count). The Hall–Kier alpha value is -2.48. The minimum absolute atomic E-state index is 0.125. The Morgan fingerprint density at radius 2 is 1.79 bits per heavy atom. The van der Waals surface area contributed by atoms with E-state index in [-0.39, 0.29) is 23.4 Å². The molecule has 4 nitrogen and oxygen atoms in total. The highest BCUT2D eigenvalue weighted by atomic mass is 35.5. The summed E-state index contributed by atoms with van der Waals surface area (Å²) in [5.74, 6) is 5.15. The van der Waals surface area contributed by atoms with Gasteiger partial charge in [0.25, 0.3) is 11.8 Å². The van der Waals surface area contributed by atoms with Crippen molar-refractivity contribution in [2.75, 3.05) is 13.6 Å². The fourth-order valence-electron chi connectivity index (χ4n) is 1.96. The third-order valence-corrected chi connectivity index (χ3v) is 3.68. The predicted octanol–water partition coefficient (Wildman–Crippen LogP) is 3.13. The van der Waals surface area contributed by atoms with Crippen molar-refractivity contribution in [3.63, 3.8) is 0 Å². The van der Waals surface area contributed by atoms with Crippen molar-refractivity contribution in [1.29, 1.82) is 0 Å². The number of hydrogen-bond donors (Lipinski definition) is 2. The molecule has 0 atom stereocenters. The lowest BCUT2D eigenvalue weighted by Gasteiger charge is -2.04. The summed E-state index contributed by atoms with van der Waals surface area (Å²) in [6.45, 7) is 0.125. The predicted molar refractivity (Wildman–Crippen MR) is 95.5 cm³/mol. The number of hydrogen-bond acceptors (Lipinski definition) is 2. The van der Waals surface area contributed by atoms with Crippen LogP contribution in [0.15, 0.2) is 42.5 Å². The number of carbonyl (C=O) groups is 2. The standard InChI is InChI=1S/C18H14Cl2N2O2/c1-21-17(23)14-7-3-2-5-12(14)6-4-10-22-18(24)15-9-8-13(19)11-16(15)20/h2-3,5,7-9,11H,10H2,1H3,(H,21,23)(H,22,24). The lowest BCUT2D eigenvalue weighted by molar-refractivity contribution is 0.0952. The van der Waals surface area contributed by atoms with E-state index in [1.807, 2.05) is 0 Å². The summed E-state index contributed by atoms with van der Waals surface area (Å²) in [5.41, 5.74) is 1.41. The van der Waals surface area contributed by atoms with Crippen LogP contribution in [0, 0.1) is 11.8 Å². The summed E-state index contributed by atoms with van der Waals surface area (Å²) in [6, 6.07) is 11.6. The smallest absolute Gasteiger partial charge is 0.253 e. The molecule has 2 amide bonds. The molecule has 2 aromatic carbocycles. The van der Waals surface area contributed by atoms with Crippen molar-refractivity contribution in [1.82, 2.24) is 10.6 Å². The lowest BCUT2D eigenvalue weighted by Crippen LogP contribution is -2.24. The number of carbonyl (C=O) groups excluding carboxylic acids is 2. The maximum Gasteiger partial charge on any atom is 0.253 e. The van der Waals surface area contributed by atoms with Gasteiger partial charge in [-0.15, -0.1) is 0 Å². The van der Waals surface area contributed by atoms with E-state index in [1.54, 1.807) is 43.4 Å². The van der Waals surface area contributed by atoms with Gasteiger partial charge >= 0.3 is 0 Å². The second-order valence-electron chi connectivity index (χ2n) is 4.73. The Bertz CT molecular complexity index is 838. The Labute approximate surface area is 150 Å². The van der Waals surface area contributed by atoms with E-state index in [0.717, 1.165) is 0 Å². The molecule has 2 aromatic rings. The Kier molecular flexibility index (Phi) is 6.25. The highest BCUT2D eigenvalue weighted by molar-refractivity contribution is 6.36. The molecule has 0 fully saturated rings. The first-order valence-electron chi connectivity index (χ1n) is 7.06. The minimum Gasteiger partial charge on any atom is -0.355 e. The van der Waals surface area contributed by atoms with Crippen LogP contribution in [0.2, 0.25) is 10.0 Å². The molecule has 0 unspecified atom stereocenters. The van der Waals surface area contributed by atoms with Gasteiger partial charge in [0.2, 0.25) is 0 Å². The van der Waals surface area contributed by atoms with Crippen LogP contribution >= 0.6 is 23.2 Å². The van der Waals surface area contributed by atoms with Crippen molar-refractivity contribution in [3.05, 3.63) is 69.2 Å². The molecule has 0 aliphatic carbocycles. The van der Waals surface area contributed by atoms with Crippen LogP contribution in [0.25, 0.3) is 0 Å². The minimum atomic E-state index is -0.342. The van der Waals surface area contributed by atoms with Crippen LogP contribution in [0.3, 0.4) is 0 Å². The number of amides is 2. The maximum absolute atomic E-state index is 12.0. The highest BCUT2D eigenvalue weighted by Crippen LogP contribution is 2.20. The average Bonchev–Trinajstić information content (AvgIpc) is 2.58. The topological polar surface area (TPSA) is 58.2 Å². The van der Waals surface area contributed by atoms with Gasteiger partial charge in [-0.3, -0.25) is 9.59 Å². The highest BCUT2D eigenvalue weighted by Gasteiger charge is 2.09. The fourth-order valence-corrected chi connectivity index (χ4v) is 2.45. The molecular weight excluding hydrogens is 347 g/mol. The first-order valence-corrected chi connectivity index (χ1v) is 7.81. The lowest BCUT2D eigenvalue weighted by atomic mass is 10.1. The third-order valence-electron chi connectivity index (χ3n) is 3.13. The quantitative estimate of drug-likeness (QED) is 0.826. The van der Waals surface area contributed by atoms with E-state index >= 15 is 0 Å². The van der Waals surface area contributed by atoms with Gasteiger partial charge in [-0.1, -0.05) is 47.2 Å². The first-order chi connectivity index (χ1) is 11.5. The van der Waals surface area contributed by atoms with E-state index in [9.17, 15) is 9.59 Å². The van der Waals surface area contributed by atoms with Crippen LogP contribution in [-0.4, -0.2) is 25.4 Å². The first kappa shape index (κ1) is 17.9. The molecule has 0 aliphatic rings. The van der Waals surface area contributed by atoms with Crippen LogP contribution in [0.1, 0.15) is 26.3 Å². The fraction of sp³-hybridized carbons (Fsp3) is 0.111. The summed E-state index contributed by atoms with van der Waals surface area (Å²) in [7, 11) is 1.56. The van der Waals surface area contributed by atoms with E-state index in [1.165, 1.54) is 6.07 Å². The zero-order chi connectivity index (χ0) is 17.5. The van der Waals surface area contributed by atoms with Gasteiger partial charge in [0.1, 0.15) is 0 Å². The summed E-state index contributed by atoms with van der Waals surface area (Å²) >= 11 is 11.8. The average molecular weight is 361 g/mol. The Balaban J connectivity index is 2.04. The third kappa shape index (κ3) is 4.51. The maximum atomic E-state index is 12.0. The Morgan fingerprint density at radius 1 is 1.04 bits per heavy atom. The van der Waals surface area contributed by atoms with E-state index in [2.05, 4.69) is 22.5 Å². The van der Waals surface area contributed by atoms with Gasteiger partial charge in [0, 0.05) is 17.6 Å². The molecule has 0 bridgehead atoms. The van der Waals surface area contributed by atoms with Crippen LogP contribution in [0.5, 0.6) is 0 Å². The van der Waals surface area contributed by atoms with E-state index < -0.39 is 0 Å². The van der Waals surface area contributed by atoms with Crippen molar-refractivity contribution < 1.29 is 9.59 Å². The molecule has 0 radical (unpaired) electrons. The monoisotopic (exact) mass is 360 g/mol. The van der Waals surface area contributed by atoms with Gasteiger partial charge in [-0.25, -0.2) is 0 Å². The van der Waals surface area contributed by atoms with Crippen molar-refractivity contribution >= 4 is 35.0 Å². The molecule has 0 aromatic heterocycles. The van der Waals surface area contributed by atoms with Crippen LogP contribution in [-0.2, 0) is 0 Å². The van der Waals surface area contributed by atoms with Crippen molar-refractivity contribution in [2.45, 2.75) is 0 Å². The molecule has 24 heavy (non-hydrogen) atoms. The summed E-state index contributed by atoms with van der Waals surface area (Å²) in [5, 5.41) is 5.95. The molecule has 0 saturated heterocycles. The van der Waals surface area contributed by atoms with Gasteiger partial charge in [-0.05, 0) is 30.3 Å². The second-order valence-corrected chi connectivity index (χ2v) is 5.58. The van der Waals surface area contributed by atoms with Gasteiger partial charge in [0.15, 0.2) is 0 Å². The van der Waals surface area contributed by atoms with Gasteiger partial charge in [0.05, 0.1) is 22.7 Å². The van der Waals surface area contributed by atoms with Crippen LogP contribution in [0.4, 0.5) is 0 Å². The molecule has 6 heteroatoms. The number of nitrogens with one attached hydrogen (secondary N) is 2. The SMILES string of the molecule is CNC(=O)c1ccccc1C#CCNC(=O)c1ccc(Cl)cc1Cl. The Morgan fingerprint density at radius 3 is 2.50 bits per heavy atom. The van der Waals surface area contributed by atoms with Gasteiger partial charge < -0.3 is 10.6 Å².